The molecule has 2 amide bonds. The molecule has 9 nitrogen and oxygen atoms in total. The van der Waals surface area contributed by atoms with Gasteiger partial charge in [0.05, 0.1) is 13.0 Å². The predicted molar refractivity (Wildman–Crippen MR) is 111 cm³/mol. The second-order valence-electron chi connectivity index (χ2n) is 7.51. The van der Waals surface area contributed by atoms with Crippen LogP contribution in [0.1, 0.15) is 18.4 Å². The van der Waals surface area contributed by atoms with E-state index in [0.29, 0.717) is 17.2 Å². The molecule has 2 aromatic carbocycles. The molecule has 2 aliphatic rings. The number of rotatable bonds is 8. The summed E-state index contributed by atoms with van der Waals surface area (Å²) in [5.41, 5.74) is 0.765. The van der Waals surface area contributed by atoms with Crippen molar-refractivity contribution < 1.29 is 32.0 Å². The van der Waals surface area contributed by atoms with Gasteiger partial charge in [-0.2, -0.15) is 22.5 Å². The van der Waals surface area contributed by atoms with Gasteiger partial charge in [0.2, 0.25) is 0 Å². The van der Waals surface area contributed by atoms with Crippen LogP contribution in [-0.4, -0.2) is 54.8 Å². The Morgan fingerprint density at radius 2 is 1.78 bits per heavy atom. The van der Waals surface area contributed by atoms with Gasteiger partial charge in [-0.3, -0.25) is 14.4 Å². The normalized spacial score (nSPS) is 22.0. The van der Waals surface area contributed by atoms with Gasteiger partial charge in [0.25, 0.3) is 22.0 Å². The first-order chi connectivity index (χ1) is 15.3. The Labute approximate surface area is 184 Å². The zero-order valence-electron chi connectivity index (χ0n) is 17.0. The standard InChI is InChI=1S/C21H22FN3O6S/c22-16-6-8-17(9-7-16)31-18-10-11-24(13-18)32(28,29)23-19-12-20(26)25(21(19)27)30-14-15-4-2-1-3-5-15/h1-9,18-19,23H,10-14H2/t18?,19-/m1/s1. The van der Waals surface area contributed by atoms with Gasteiger partial charge in [0.1, 0.15) is 30.3 Å². The van der Waals surface area contributed by atoms with Gasteiger partial charge in [0.15, 0.2) is 0 Å². The van der Waals surface area contributed by atoms with Crippen LogP contribution in [0.25, 0.3) is 0 Å². The molecule has 4 rings (SSSR count). The van der Waals surface area contributed by atoms with E-state index in [4.69, 9.17) is 9.57 Å². The minimum absolute atomic E-state index is 0.00627. The number of carbonyl (C=O) groups excluding carboxylic acids is 2. The number of nitrogens with one attached hydrogen (secondary N) is 1. The number of ether oxygens (including phenoxy) is 1. The van der Waals surface area contributed by atoms with Crippen molar-refractivity contribution in [2.45, 2.75) is 31.6 Å². The number of hydrogen-bond donors (Lipinski definition) is 1. The van der Waals surface area contributed by atoms with E-state index in [1.54, 1.807) is 24.3 Å². The fourth-order valence-electron chi connectivity index (χ4n) is 3.52. The van der Waals surface area contributed by atoms with E-state index in [-0.39, 0.29) is 26.1 Å². The zero-order chi connectivity index (χ0) is 22.7. The second kappa shape index (κ2) is 9.33. The van der Waals surface area contributed by atoms with Crippen molar-refractivity contribution in [1.82, 2.24) is 14.1 Å². The maximum Gasteiger partial charge on any atom is 0.280 e. The van der Waals surface area contributed by atoms with E-state index in [2.05, 4.69) is 4.72 Å². The average molecular weight is 463 g/mol. The van der Waals surface area contributed by atoms with Crippen LogP contribution in [0.3, 0.4) is 0 Å². The third-order valence-electron chi connectivity index (χ3n) is 5.16. The molecule has 0 saturated carbocycles. The van der Waals surface area contributed by atoms with Crippen LogP contribution in [0.4, 0.5) is 4.39 Å². The van der Waals surface area contributed by atoms with Crippen molar-refractivity contribution in [2.75, 3.05) is 13.1 Å². The smallest absolute Gasteiger partial charge is 0.280 e. The van der Waals surface area contributed by atoms with Crippen molar-refractivity contribution in [1.29, 1.82) is 0 Å². The highest BCUT2D eigenvalue weighted by Gasteiger charge is 2.44. The van der Waals surface area contributed by atoms with Gasteiger partial charge in [-0.15, -0.1) is 0 Å². The molecule has 2 aliphatic heterocycles. The van der Waals surface area contributed by atoms with Gasteiger partial charge in [-0.1, -0.05) is 30.3 Å². The summed E-state index contributed by atoms with van der Waals surface area (Å²) in [6, 6.07) is 13.2. The summed E-state index contributed by atoms with van der Waals surface area (Å²) in [7, 11) is -4.03. The van der Waals surface area contributed by atoms with Crippen LogP contribution in [-0.2, 0) is 31.2 Å². The summed E-state index contributed by atoms with van der Waals surface area (Å²) in [6.07, 6.45) is -0.304. The van der Waals surface area contributed by atoms with Crippen LogP contribution in [0, 0.1) is 5.82 Å². The lowest BCUT2D eigenvalue weighted by Crippen LogP contribution is -2.48. The van der Waals surface area contributed by atoms with Crippen LogP contribution in [0.15, 0.2) is 54.6 Å². The molecule has 2 fully saturated rings. The summed E-state index contributed by atoms with van der Waals surface area (Å²) < 4.78 is 47.7. The molecule has 0 radical (unpaired) electrons. The highest BCUT2D eigenvalue weighted by Crippen LogP contribution is 2.22. The molecule has 1 unspecified atom stereocenters. The maximum absolute atomic E-state index is 13.0. The summed E-state index contributed by atoms with van der Waals surface area (Å²) in [5, 5.41) is 0.616. The SMILES string of the molecule is O=C1C[C@@H](NS(=O)(=O)N2CCC(Oc3ccc(F)cc3)C2)C(=O)N1OCc1ccccc1. The van der Waals surface area contributed by atoms with Gasteiger partial charge in [-0.25, -0.2) is 4.39 Å². The molecule has 170 valence electrons. The van der Waals surface area contributed by atoms with Crippen molar-refractivity contribution in [3.8, 4) is 5.75 Å². The number of amides is 2. The van der Waals surface area contributed by atoms with Crippen LogP contribution in [0.5, 0.6) is 5.75 Å². The molecule has 32 heavy (non-hydrogen) atoms. The lowest BCUT2D eigenvalue weighted by molar-refractivity contribution is -0.191. The molecule has 2 aromatic rings. The third-order valence-corrected chi connectivity index (χ3v) is 6.76. The minimum atomic E-state index is -4.03. The van der Waals surface area contributed by atoms with Gasteiger partial charge < -0.3 is 4.74 Å². The highest BCUT2D eigenvalue weighted by molar-refractivity contribution is 7.87. The Hall–Kier alpha value is -2.86. The first kappa shape index (κ1) is 22.3. The zero-order valence-corrected chi connectivity index (χ0v) is 17.8. The third kappa shape index (κ3) is 5.13. The number of nitrogens with zero attached hydrogens (tertiary/aromatic N) is 2. The first-order valence-electron chi connectivity index (χ1n) is 10.0. The number of imide groups is 1. The minimum Gasteiger partial charge on any atom is -0.489 e. The summed E-state index contributed by atoms with van der Waals surface area (Å²) in [4.78, 5) is 30.0. The molecule has 11 heteroatoms. The maximum atomic E-state index is 13.0. The molecule has 0 spiro atoms. The Morgan fingerprint density at radius 3 is 2.50 bits per heavy atom. The van der Waals surface area contributed by atoms with E-state index in [1.165, 1.54) is 24.3 Å². The van der Waals surface area contributed by atoms with Crippen molar-refractivity contribution in [3.63, 3.8) is 0 Å². The number of hydroxylamine groups is 2. The molecule has 1 N–H and O–H groups in total. The van der Waals surface area contributed by atoms with Crippen LogP contribution in [0.2, 0.25) is 0 Å². The van der Waals surface area contributed by atoms with E-state index < -0.39 is 40.0 Å². The molecular weight excluding hydrogens is 441 g/mol. The molecule has 0 aromatic heterocycles. The molecule has 2 heterocycles. The van der Waals surface area contributed by atoms with Gasteiger partial charge in [-0.05, 0) is 36.2 Å². The summed E-state index contributed by atoms with van der Waals surface area (Å²) >= 11 is 0. The fourth-order valence-corrected chi connectivity index (χ4v) is 4.92. The van der Waals surface area contributed by atoms with Crippen LogP contribution >= 0.6 is 0 Å². The predicted octanol–water partition coefficient (Wildman–Crippen LogP) is 1.37. The number of hydrogen-bond acceptors (Lipinski definition) is 6. The van der Waals surface area contributed by atoms with Crippen molar-refractivity contribution in [3.05, 3.63) is 66.0 Å². The Morgan fingerprint density at radius 1 is 1.06 bits per heavy atom. The molecular formula is C21H22FN3O6S. The van der Waals surface area contributed by atoms with E-state index >= 15 is 0 Å². The highest BCUT2D eigenvalue weighted by atomic mass is 32.2. The number of halogens is 1. The monoisotopic (exact) mass is 463 g/mol. The number of benzene rings is 2. The lowest BCUT2D eigenvalue weighted by Gasteiger charge is -2.20. The Bertz CT molecular complexity index is 1080. The first-order valence-corrected chi connectivity index (χ1v) is 11.5. The second-order valence-corrected chi connectivity index (χ2v) is 9.21. The summed E-state index contributed by atoms with van der Waals surface area (Å²) in [6.45, 7) is 0.256. The lowest BCUT2D eigenvalue weighted by atomic mass is 10.2. The fraction of sp³-hybridized carbons (Fsp3) is 0.333. The van der Waals surface area contributed by atoms with E-state index in [9.17, 15) is 22.4 Å². The Kier molecular flexibility index (Phi) is 6.51. The van der Waals surface area contributed by atoms with Crippen molar-refractivity contribution >= 4 is 22.0 Å². The molecule has 0 bridgehead atoms. The van der Waals surface area contributed by atoms with Gasteiger partial charge in [0, 0.05) is 6.54 Å². The quantitative estimate of drug-likeness (QED) is 0.593. The van der Waals surface area contributed by atoms with E-state index in [0.717, 1.165) is 9.87 Å². The molecule has 2 saturated heterocycles. The Balaban J connectivity index is 1.32. The molecule has 0 aliphatic carbocycles. The van der Waals surface area contributed by atoms with Crippen LogP contribution < -0.4 is 9.46 Å². The largest absolute Gasteiger partial charge is 0.489 e. The van der Waals surface area contributed by atoms with Crippen molar-refractivity contribution in [2.24, 2.45) is 0 Å². The number of carbonyl (C=O) groups is 2. The van der Waals surface area contributed by atoms with Gasteiger partial charge >= 0.3 is 0 Å². The topological polar surface area (TPSA) is 105 Å². The average Bonchev–Trinajstić information content (AvgIpc) is 3.34. The van der Waals surface area contributed by atoms with E-state index in [1.807, 2.05) is 6.07 Å². The summed E-state index contributed by atoms with van der Waals surface area (Å²) in [5.74, 6) is -1.33. The molecule has 2 atom stereocenters.